The van der Waals surface area contributed by atoms with Crippen LogP contribution in [0.4, 0.5) is 0 Å². The first kappa shape index (κ1) is 21.2. The minimum atomic E-state index is -1.01. The number of aromatic nitrogens is 1. The summed E-state index contributed by atoms with van der Waals surface area (Å²) in [5.41, 5.74) is 3.68. The minimum absolute atomic E-state index is 0.0740. The van der Waals surface area contributed by atoms with E-state index >= 15 is 0 Å². The number of nitrogens with one attached hydrogen (secondary N) is 1. The second-order valence-electron chi connectivity index (χ2n) is 6.58. The molecule has 0 atom stereocenters. The highest BCUT2D eigenvalue weighted by Gasteiger charge is 2.22. The van der Waals surface area contributed by atoms with E-state index in [-0.39, 0.29) is 31.9 Å². The molecule has 1 heterocycles. The van der Waals surface area contributed by atoms with Gasteiger partial charge in [0.05, 0.1) is 13.0 Å². The molecule has 0 radical (unpaired) electrons. The highest BCUT2D eigenvalue weighted by molar-refractivity contribution is 5.90. The third kappa shape index (κ3) is 5.45. The molecule has 1 aromatic heterocycles. The Kier molecular flexibility index (Phi) is 7.37. The number of benzene rings is 1. The van der Waals surface area contributed by atoms with E-state index in [1.54, 1.807) is 11.8 Å². The highest BCUT2D eigenvalue weighted by atomic mass is 16.5. The van der Waals surface area contributed by atoms with Crippen molar-refractivity contribution in [1.29, 1.82) is 0 Å². The van der Waals surface area contributed by atoms with Gasteiger partial charge in [-0.15, -0.1) is 0 Å². The van der Waals surface area contributed by atoms with E-state index in [9.17, 15) is 14.4 Å². The average molecular weight is 386 g/mol. The third-order valence-corrected chi connectivity index (χ3v) is 4.54. The van der Waals surface area contributed by atoms with Crippen LogP contribution in [-0.2, 0) is 27.4 Å². The van der Waals surface area contributed by atoms with E-state index in [1.807, 2.05) is 44.2 Å². The summed E-state index contributed by atoms with van der Waals surface area (Å²) >= 11 is 0. The van der Waals surface area contributed by atoms with Crippen molar-refractivity contribution in [3.05, 3.63) is 58.4 Å². The molecule has 2 aromatic rings. The Morgan fingerprint density at radius 1 is 1.07 bits per heavy atom. The predicted molar refractivity (Wildman–Crippen MR) is 104 cm³/mol. The van der Waals surface area contributed by atoms with Crippen LogP contribution in [0.25, 0.3) is 0 Å². The number of hydrogen-bond acceptors (Lipinski definition) is 4. The number of rotatable bonds is 9. The molecule has 0 bridgehead atoms. The van der Waals surface area contributed by atoms with Crippen LogP contribution in [0.1, 0.15) is 52.6 Å². The summed E-state index contributed by atoms with van der Waals surface area (Å²) < 4.78 is 5.07. The molecule has 0 unspecified atom stereocenters. The van der Waals surface area contributed by atoms with E-state index in [1.165, 1.54) is 0 Å². The maximum atomic E-state index is 12.7. The zero-order valence-electron chi connectivity index (χ0n) is 16.4. The Bertz CT molecular complexity index is 842. The number of aromatic amines is 1. The lowest BCUT2D eigenvalue weighted by Crippen LogP contribution is -2.30. The summed E-state index contributed by atoms with van der Waals surface area (Å²) in [6.07, 6.45) is -0.293. The largest absolute Gasteiger partial charge is 0.481 e. The molecule has 7 nitrogen and oxygen atoms in total. The van der Waals surface area contributed by atoms with Crippen molar-refractivity contribution < 1.29 is 24.2 Å². The molecule has 28 heavy (non-hydrogen) atoms. The zero-order valence-corrected chi connectivity index (χ0v) is 16.4. The normalized spacial score (nSPS) is 10.5. The van der Waals surface area contributed by atoms with Crippen LogP contribution in [0.3, 0.4) is 0 Å². The fourth-order valence-electron chi connectivity index (χ4n) is 3.03. The molecule has 0 saturated carbocycles. The molecule has 0 fully saturated rings. The molecule has 0 aliphatic heterocycles. The number of carbonyl (C=O) groups is 3. The van der Waals surface area contributed by atoms with Crippen molar-refractivity contribution in [2.24, 2.45) is 0 Å². The van der Waals surface area contributed by atoms with Gasteiger partial charge < -0.3 is 19.7 Å². The van der Waals surface area contributed by atoms with Gasteiger partial charge in [0.2, 0.25) is 5.91 Å². The quantitative estimate of drug-likeness (QED) is 0.645. The summed E-state index contributed by atoms with van der Waals surface area (Å²) in [5, 5.41) is 8.90. The maximum Gasteiger partial charge on any atom is 0.355 e. The van der Waals surface area contributed by atoms with Crippen LogP contribution in [0.15, 0.2) is 30.3 Å². The summed E-state index contributed by atoms with van der Waals surface area (Å²) in [7, 11) is 0. The van der Waals surface area contributed by atoms with Crippen LogP contribution >= 0.6 is 0 Å². The summed E-state index contributed by atoms with van der Waals surface area (Å²) in [4.78, 5) is 40.3. The molecule has 7 heteroatoms. The van der Waals surface area contributed by atoms with Gasteiger partial charge in [0.25, 0.3) is 0 Å². The number of carboxylic acids is 1. The molecule has 0 aliphatic carbocycles. The van der Waals surface area contributed by atoms with Gasteiger partial charge in [-0.2, -0.15) is 0 Å². The lowest BCUT2D eigenvalue weighted by atomic mass is 10.1. The Labute approximate surface area is 164 Å². The van der Waals surface area contributed by atoms with Crippen molar-refractivity contribution in [3.63, 3.8) is 0 Å². The van der Waals surface area contributed by atoms with Gasteiger partial charge in [0, 0.05) is 25.2 Å². The van der Waals surface area contributed by atoms with Crippen molar-refractivity contribution in [3.8, 4) is 0 Å². The first-order valence-electron chi connectivity index (χ1n) is 9.22. The molecule has 1 aromatic carbocycles. The van der Waals surface area contributed by atoms with Crippen LogP contribution in [-0.4, -0.2) is 39.4 Å². The molecular formula is C21H26N2O5. The van der Waals surface area contributed by atoms with E-state index in [2.05, 4.69) is 4.98 Å². The Balaban J connectivity index is 2.27. The summed E-state index contributed by atoms with van der Waals surface area (Å²) in [5.74, 6) is -1.68. The number of nitrogens with zero attached hydrogens (tertiary/aromatic N) is 1. The molecule has 2 rings (SSSR count). The van der Waals surface area contributed by atoms with E-state index in [0.717, 1.165) is 22.4 Å². The van der Waals surface area contributed by atoms with Gasteiger partial charge in [-0.25, -0.2) is 4.79 Å². The fourth-order valence-corrected chi connectivity index (χ4v) is 3.03. The number of esters is 1. The van der Waals surface area contributed by atoms with Gasteiger partial charge >= 0.3 is 11.9 Å². The number of carbonyl (C=O) groups excluding carboxylic acids is 2. The number of hydrogen-bond donors (Lipinski definition) is 2. The lowest BCUT2D eigenvalue weighted by Gasteiger charge is -2.23. The standard InChI is InChI=1S/C21H26N2O5/c1-4-28-21(27)20-14(2)17(15(3)22-20)13-23(18(24)10-11-19(25)26)12-16-8-6-5-7-9-16/h5-9,22H,4,10-13H2,1-3H3,(H,25,26). The van der Waals surface area contributed by atoms with E-state index in [4.69, 9.17) is 9.84 Å². The molecular weight excluding hydrogens is 360 g/mol. The van der Waals surface area contributed by atoms with Crippen LogP contribution in [0, 0.1) is 13.8 Å². The molecule has 0 saturated heterocycles. The molecule has 0 spiro atoms. The van der Waals surface area contributed by atoms with Crippen molar-refractivity contribution in [1.82, 2.24) is 9.88 Å². The van der Waals surface area contributed by atoms with Crippen molar-refractivity contribution in [2.75, 3.05) is 6.61 Å². The van der Waals surface area contributed by atoms with Crippen LogP contribution < -0.4 is 0 Å². The number of carboxylic acid groups (broad SMARTS) is 1. The first-order valence-corrected chi connectivity index (χ1v) is 9.22. The number of H-pyrrole nitrogens is 1. The predicted octanol–water partition coefficient (Wildman–Crippen LogP) is 3.20. The molecule has 1 amide bonds. The third-order valence-electron chi connectivity index (χ3n) is 4.54. The fraction of sp³-hybridized carbons (Fsp3) is 0.381. The topological polar surface area (TPSA) is 99.7 Å². The van der Waals surface area contributed by atoms with Gasteiger partial charge in [-0.1, -0.05) is 30.3 Å². The maximum absolute atomic E-state index is 12.7. The first-order chi connectivity index (χ1) is 13.3. The smallest absolute Gasteiger partial charge is 0.355 e. The van der Waals surface area contributed by atoms with Gasteiger partial charge in [0.1, 0.15) is 5.69 Å². The second kappa shape index (κ2) is 9.73. The van der Waals surface area contributed by atoms with Crippen LogP contribution in [0.5, 0.6) is 0 Å². The molecule has 0 aliphatic rings. The van der Waals surface area contributed by atoms with E-state index in [0.29, 0.717) is 12.2 Å². The molecule has 2 N–H and O–H groups in total. The summed E-state index contributed by atoms with van der Waals surface area (Å²) in [6, 6.07) is 9.50. The number of aliphatic carboxylic acids is 1. The second-order valence-corrected chi connectivity index (χ2v) is 6.58. The Morgan fingerprint density at radius 2 is 1.75 bits per heavy atom. The Morgan fingerprint density at radius 3 is 2.36 bits per heavy atom. The van der Waals surface area contributed by atoms with Gasteiger partial charge in [0.15, 0.2) is 0 Å². The van der Waals surface area contributed by atoms with Gasteiger partial charge in [-0.05, 0) is 37.5 Å². The van der Waals surface area contributed by atoms with Crippen LogP contribution in [0.2, 0.25) is 0 Å². The van der Waals surface area contributed by atoms with Crippen molar-refractivity contribution in [2.45, 2.75) is 46.7 Å². The minimum Gasteiger partial charge on any atom is -0.481 e. The number of aryl methyl sites for hydroxylation is 1. The average Bonchev–Trinajstić information content (AvgIpc) is 2.94. The summed E-state index contributed by atoms with van der Waals surface area (Å²) in [6.45, 7) is 6.31. The highest BCUT2D eigenvalue weighted by Crippen LogP contribution is 2.22. The monoisotopic (exact) mass is 386 g/mol. The lowest BCUT2D eigenvalue weighted by molar-refractivity contribution is -0.141. The SMILES string of the molecule is CCOC(=O)c1[nH]c(C)c(CN(Cc2ccccc2)C(=O)CCC(=O)O)c1C. The number of ether oxygens (including phenoxy) is 1. The molecule has 150 valence electrons. The van der Waals surface area contributed by atoms with E-state index < -0.39 is 11.9 Å². The van der Waals surface area contributed by atoms with Gasteiger partial charge in [-0.3, -0.25) is 9.59 Å². The Hall–Kier alpha value is -3.09. The van der Waals surface area contributed by atoms with Crippen molar-refractivity contribution >= 4 is 17.8 Å². The zero-order chi connectivity index (χ0) is 20.7. The number of amides is 1.